The van der Waals surface area contributed by atoms with Crippen LogP contribution in [0.1, 0.15) is 24.3 Å². The number of carbonyl (C=O) groups excluding carboxylic acids is 1. The molecule has 9 heteroatoms. The number of ether oxygens (including phenoxy) is 2. The summed E-state index contributed by atoms with van der Waals surface area (Å²) in [5, 5.41) is 11.7. The molecular formula is C21H32N6O3. The monoisotopic (exact) mass is 416 g/mol. The van der Waals surface area contributed by atoms with E-state index in [-0.39, 0.29) is 60.3 Å². The predicted octanol–water partition coefficient (Wildman–Crippen LogP) is -0.256. The van der Waals surface area contributed by atoms with Gasteiger partial charge in [-0.15, -0.1) is 0 Å². The Balaban J connectivity index is 1.48. The molecule has 30 heavy (non-hydrogen) atoms. The van der Waals surface area contributed by atoms with Gasteiger partial charge in [0, 0.05) is 58.4 Å². The second-order valence-electron chi connectivity index (χ2n) is 9.63. The van der Waals surface area contributed by atoms with E-state index in [0.717, 1.165) is 32.5 Å². The Labute approximate surface area is 177 Å². The largest absolute Gasteiger partial charge is 0.381 e. The van der Waals surface area contributed by atoms with Gasteiger partial charge in [0.1, 0.15) is 0 Å². The van der Waals surface area contributed by atoms with E-state index in [1.807, 2.05) is 37.0 Å². The van der Waals surface area contributed by atoms with Gasteiger partial charge in [0.25, 0.3) is 0 Å². The number of rotatable bonds is 2. The fraction of sp³-hybridized carbons (Fsp3) is 0.810. The lowest BCUT2D eigenvalue weighted by Gasteiger charge is -2.52. The van der Waals surface area contributed by atoms with E-state index in [9.17, 15) is 4.79 Å². The predicted molar refractivity (Wildman–Crippen MR) is 109 cm³/mol. The van der Waals surface area contributed by atoms with Gasteiger partial charge in [-0.1, -0.05) is 0 Å². The van der Waals surface area contributed by atoms with E-state index in [1.165, 1.54) is 5.56 Å². The molecule has 1 saturated carbocycles. The molecule has 2 N–H and O–H groups in total. The molecule has 4 aliphatic heterocycles. The fourth-order valence-electron chi connectivity index (χ4n) is 6.98. The highest BCUT2D eigenvalue weighted by Gasteiger charge is 2.63. The number of fused-ring (bicyclic) bond motifs is 2. The lowest BCUT2D eigenvalue weighted by Crippen LogP contribution is -2.67. The van der Waals surface area contributed by atoms with Gasteiger partial charge < -0.3 is 29.9 Å². The quantitative estimate of drug-likeness (QED) is 0.692. The molecule has 4 saturated heterocycles. The Morgan fingerprint density at radius 2 is 2.13 bits per heavy atom. The van der Waals surface area contributed by atoms with Gasteiger partial charge in [0.2, 0.25) is 0 Å². The number of likely N-dealkylation sites (N-methyl/N-ethyl adjacent to an activating group) is 1. The van der Waals surface area contributed by atoms with Crippen LogP contribution in [-0.4, -0.2) is 102 Å². The maximum Gasteiger partial charge on any atom is 0.320 e. The molecule has 6 rings (SSSR count). The first kappa shape index (κ1) is 19.0. The number of nitrogens with one attached hydrogen (secondary N) is 2. The van der Waals surface area contributed by atoms with Crippen LogP contribution in [0.5, 0.6) is 0 Å². The fourth-order valence-corrected chi connectivity index (χ4v) is 6.98. The van der Waals surface area contributed by atoms with E-state index in [2.05, 4.69) is 26.8 Å². The van der Waals surface area contributed by atoms with Crippen LogP contribution in [0.3, 0.4) is 0 Å². The minimum absolute atomic E-state index is 0.00639. The van der Waals surface area contributed by atoms with E-state index < -0.39 is 0 Å². The molecule has 164 valence electrons. The Kier molecular flexibility index (Phi) is 4.39. The van der Waals surface area contributed by atoms with Crippen molar-refractivity contribution in [1.29, 1.82) is 0 Å². The minimum Gasteiger partial charge on any atom is -0.381 e. The third-order valence-electron chi connectivity index (χ3n) is 8.29. The Morgan fingerprint density at radius 3 is 2.90 bits per heavy atom. The van der Waals surface area contributed by atoms with Gasteiger partial charge in [-0.05, 0) is 24.9 Å². The minimum atomic E-state index is -0.00639. The number of hydrogen-bond acceptors (Lipinski definition) is 6. The van der Waals surface area contributed by atoms with Crippen LogP contribution in [0.4, 0.5) is 4.79 Å². The number of urea groups is 1. The molecule has 5 fully saturated rings. The van der Waals surface area contributed by atoms with Crippen LogP contribution in [0.2, 0.25) is 0 Å². The Hall–Kier alpha value is -1.68. The molecule has 0 radical (unpaired) electrons. The summed E-state index contributed by atoms with van der Waals surface area (Å²) < 4.78 is 14.9. The van der Waals surface area contributed by atoms with Crippen LogP contribution in [0.25, 0.3) is 0 Å². The first-order chi connectivity index (χ1) is 14.6. The lowest BCUT2D eigenvalue weighted by atomic mass is 9.66. The van der Waals surface area contributed by atoms with Gasteiger partial charge in [-0.3, -0.25) is 4.68 Å². The maximum atomic E-state index is 13.4. The number of hydrogen-bond donors (Lipinski definition) is 2. The number of aryl methyl sites for hydroxylation is 1. The van der Waals surface area contributed by atoms with Crippen molar-refractivity contribution < 1.29 is 14.3 Å². The Morgan fingerprint density at radius 1 is 1.27 bits per heavy atom. The third kappa shape index (κ3) is 2.55. The van der Waals surface area contributed by atoms with Crippen molar-refractivity contribution in [3.05, 3.63) is 18.0 Å². The molecule has 2 amide bonds. The second-order valence-corrected chi connectivity index (χ2v) is 9.63. The number of nitrogens with zero attached hydrogens (tertiary/aromatic N) is 4. The van der Waals surface area contributed by atoms with Gasteiger partial charge in [0.05, 0.1) is 42.6 Å². The molecule has 5 aliphatic rings. The van der Waals surface area contributed by atoms with Crippen molar-refractivity contribution in [3.63, 3.8) is 0 Å². The van der Waals surface area contributed by atoms with Crippen LogP contribution in [-0.2, 0) is 16.5 Å². The summed E-state index contributed by atoms with van der Waals surface area (Å²) in [4.78, 5) is 17.5. The second kappa shape index (κ2) is 6.91. The number of amides is 2. The standard InChI is InChI=1S/C21H32N6O3/c1-25-10-11(7-24-25)17-16(29-3)6-12-18-19-14(9-23-12)26(2)21(28)27(19)13-8-22-5-4-15(13)30-20(17)18/h7,10,12-20,22-23H,4-6,8-9H2,1-3H3. The zero-order valence-corrected chi connectivity index (χ0v) is 17.9. The number of carbonyl (C=O) groups is 1. The molecule has 9 unspecified atom stereocenters. The SMILES string of the molecule is COC1CC2NCC3C4C2C(OC2CCNCC2N4C(=O)N3C)C1c1cnn(C)c1. The Bertz CT molecular complexity index is 831. The van der Waals surface area contributed by atoms with Crippen LogP contribution in [0.15, 0.2) is 12.4 Å². The third-order valence-corrected chi connectivity index (χ3v) is 8.29. The van der Waals surface area contributed by atoms with Crippen LogP contribution < -0.4 is 10.6 Å². The average Bonchev–Trinajstić information content (AvgIpc) is 3.23. The van der Waals surface area contributed by atoms with E-state index in [4.69, 9.17) is 9.47 Å². The zero-order valence-electron chi connectivity index (χ0n) is 17.9. The van der Waals surface area contributed by atoms with Crippen molar-refractivity contribution in [1.82, 2.24) is 30.2 Å². The zero-order chi connectivity index (χ0) is 20.6. The topological polar surface area (TPSA) is 83.9 Å². The summed E-state index contributed by atoms with van der Waals surface area (Å²) >= 11 is 0. The van der Waals surface area contributed by atoms with Gasteiger partial charge in [0.15, 0.2) is 0 Å². The summed E-state index contributed by atoms with van der Waals surface area (Å²) in [7, 11) is 5.73. The molecule has 9 atom stereocenters. The first-order valence-electron chi connectivity index (χ1n) is 11.2. The van der Waals surface area contributed by atoms with Gasteiger partial charge >= 0.3 is 6.03 Å². The van der Waals surface area contributed by atoms with E-state index in [0.29, 0.717) is 0 Å². The van der Waals surface area contributed by atoms with Crippen molar-refractivity contribution in [2.24, 2.45) is 13.0 Å². The van der Waals surface area contributed by atoms with Crippen molar-refractivity contribution >= 4 is 6.03 Å². The molecule has 1 aliphatic carbocycles. The number of piperidine rings is 2. The highest BCUT2D eigenvalue weighted by Crippen LogP contribution is 2.49. The van der Waals surface area contributed by atoms with Gasteiger partial charge in [-0.2, -0.15) is 5.10 Å². The molecule has 5 heterocycles. The van der Waals surface area contributed by atoms with E-state index >= 15 is 0 Å². The number of methoxy groups -OCH3 is 1. The van der Waals surface area contributed by atoms with Crippen LogP contribution in [0, 0.1) is 5.92 Å². The summed E-state index contributed by atoms with van der Waals surface area (Å²) in [5.74, 6) is 0.349. The smallest absolute Gasteiger partial charge is 0.320 e. The molecule has 1 aromatic rings. The molecule has 0 spiro atoms. The first-order valence-corrected chi connectivity index (χ1v) is 11.2. The van der Waals surface area contributed by atoms with Crippen molar-refractivity contribution in [2.75, 3.05) is 33.8 Å². The lowest BCUT2D eigenvalue weighted by molar-refractivity contribution is -0.125. The maximum absolute atomic E-state index is 13.4. The summed E-state index contributed by atoms with van der Waals surface area (Å²) in [5.41, 5.74) is 1.17. The summed E-state index contributed by atoms with van der Waals surface area (Å²) in [6.07, 6.45) is 6.01. The highest BCUT2D eigenvalue weighted by atomic mass is 16.5. The average molecular weight is 417 g/mol. The highest BCUT2D eigenvalue weighted by molar-refractivity contribution is 5.78. The molecule has 9 nitrogen and oxygen atoms in total. The summed E-state index contributed by atoms with van der Waals surface area (Å²) in [6.45, 7) is 2.56. The summed E-state index contributed by atoms with van der Waals surface area (Å²) in [6, 6.07) is 0.875. The molecule has 0 aromatic carbocycles. The normalized spacial score (nSPS) is 45.2. The van der Waals surface area contributed by atoms with Gasteiger partial charge in [-0.25, -0.2) is 4.79 Å². The number of aromatic nitrogens is 2. The molecule has 1 aromatic heterocycles. The molecular weight excluding hydrogens is 384 g/mol. The van der Waals surface area contributed by atoms with E-state index in [1.54, 1.807) is 0 Å². The van der Waals surface area contributed by atoms with Crippen LogP contribution >= 0.6 is 0 Å². The van der Waals surface area contributed by atoms with Crippen molar-refractivity contribution in [2.45, 2.75) is 61.2 Å². The molecule has 0 bridgehead atoms. The van der Waals surface area contributed by atoms with Crippen molar-refractivity contribution in [3.8, 4) is 0 Å².